The van der Waals surface area contributed by atoms with Gasteiger partial charge in [0.05, 0.1) is 35.5 Å². The standard InChI is InChI=1S/C51H61O5P/c1-30(2)53-43-18-14-19-44(54-31(3)4)49(43)41-16-13-17-42(50-45(55-32(5)6)20-15-21-46(50)56-33(7)8)51(41)57-47(38-24-34(9)22-35(10)25-38)28-40(52)29-48(57)39-26-36(11)23-37(12)27-39/h13-27,30-33,47-48H,28-29H2,1-12H3. The molecule has 0 N–H and O–H groups in total. The first-order valence-electron chi connectivity index (χ1n) is 20.6. The number of carbonyl (C=O) groups excluding carboxylic acids is 1. The Labute approximate surface area is 342 Å². The fourth-order valence-electron chi connectivity index (χ4n) is 8.39. The van der Waals surface area contributed by atoms with Crippen LogP contribution in [0.1, 0.15) is 113 Å². The normalized spacial score (nSPS) is 17.1. The highest BCUT2D eigenvalue weighted by atomic mass is 31.1. The summed E-state index contributed by atoms with van der Waals surface area (Å²) in [6, 6.07) is 32.5. The number of Topliss-reactive ketones (excluding diaryl/α,β-unsaturated/α-hetero) is 1. The molecule has 5 aromatic carbocycles. The lowest BCUT2D eigenvalue weighted by atomic mass is 9.95. The maximum atomic E-state index is 14.3. The number of carbonyl (C=O) groups is 1. The fourth-order valence-corrected chi connectivity index (χ4v) is 12.1. The Morgan fingerprint density at radius 3 is 1.07 bits per heavy atom. The number of hydrogen-bond acceptors (Lipinski definition) is 5. The van der Waals surface area contributed by atoms with Gasteiger partial charge in [0.1, 0.15) is 28.8 Å². The molecule has 6 heteroatoms. The van der Waals surface area contributed by atoms with Crippen LogP contribution in [0.15, 0.2) is 91.0 Å². The molecular formula is C51H61O5P. The van der Waals surface area contributed by atoms with Crippen LogP contribution >= 0.6 is 7.92 Å². The number of benzene rings is 5. The largest absolute Gasteiger partial charge is 0.490 e. The van der Waals surface area contributed by atoms with E-state index in [-0.39, 0.29) is 35.7 Å². The van der Waals surface area contributed by atoms with Crippen molar-refractivity contribution in [3.8, 4) is 45.3 Å². The molecular weight excluding hydrogens is 724 g/mol. The van der Waals surface area contributed by atoms with Crippen LogP contribution in [-0.4, -0.2) is 30.2 Å². The van der Waals surface area contributed by atoms with Crippen molar-refractivity contribution >= 4 is 19.0 Å². The second-order valence-electron chi connectivity index (χ2n) is 16.9. The molecule has 0 saturated carbocycles. The first-order chi connectivity index (χ1) is 27.1. The molecule has 1 heterocycles. The Bertz CT molecular complexity index is 1970. The number of rotatable bonds is 13. The van der Waals surface area contributed by atoms with Gasteiger partial charge in [-0.15, -0.1) is 0 Å². The molecule has 1 aliphatic heterocycles. The summed E-state index contributed by atoms with van der Waals surface area (Å²) < 4.78 is 26.8. The van der Waals surface area contributed by atoms with Gasteiger partial charge < -0.3 is 18.9 Å². The van der Waals surface area contributed by atoms with Gasteiger partial charge in [0.2, 0.25) is 0 Å². The SMILES string of the molecule is Cc1cc(C)cc(C2CC(=O)CC(c3cc(C)cc(C)c3)P2c2c(-c3c(OC(C)C)cccc3OC(C)C)cccc2-c2c(OC(C)C)cccc2OC(C)C)c1. The van der Waals surface area contributed by atoms with Crippen molar-refractivity contribution < 1.29 is 23.7 Å². The van der Waals surface area contributed by atoms with E-state index in [4.69, 9.17) is 18.9 Å². The third kappa shape index (κ3) is 9.75. The maximum absolute atomic E-state index is 14.3. The lowest BCUT2D eigenvalue weighted by molar-refractivity contribution is -0.119. The van der Waals surface area contributed by atoms with Gasteiger partial charge in [-0.1, -0.05) is 96.9 Å². The van der Waals surface area contributed by atoms with Crippen molar-refractivity contribution in [1.82, 2.24) is 0 Å². The highest BCUT2D eigenvalue weighted by molar-refractivity contribution is 7.67. The molecule has 0 aliphatic carbocycles. The van der Waals surface area contributed by atoms with Gasteiger partial charge in [-0.2, -0.15) is 0 Å². The molecule has 0 bridgehead atoms. The highest BCUT2D eigenvalue weighted by Crippen LogP contribution is 2.69. The Balaban J connectivity index is 1.83. The quantitative estimate of drug-likeness (QED) is 0.111. The molecule has 2 atom stereocenters. The molecule has 0 aromatic heterocycles. The smallest absolute Gasteiger partial charge is 0.134 e. The van der Waals surface area contributed by atoms with E-state index in [9.17, 15) is 4.79 Å². The third-order valence-corrected chi connectivity index (χ3v) is 13.3. The summed E-state index contributed by atoms with van der Waals surface area (Å²) in [5.41, 5.74) is 11.0. The predicted molar refractivity (Wildman–Crippen MR) is 238 cm³/mol. The van der Waals surface area contributed by atoms with Crippen molar-refractivity contribution in [2.45, 2.75) is 132 Å². The lowest BCUT2D eigenvalue weighted by Crippen LogP contribution is -2.26. The molecule has 1 saturated heterocycles. The zero-order chi connectivity index (χ0) is 41.1. The summed E-state index contributed by atoms with van der Waals surface area (Å²) >= 11 is 0. The first-order valence-corrected chi connectivity index (χ1v) is 22.1. The molecule has 5 aromatic rings. The zero-order valence-corrected chi connectivity index (χ0v) is 36.9. The Morgan fingerprint density at radius 2 is 0.772 bits per heavy atom. The van der Waals surface area contributed by atoms with Crippen molar-refractivity contribution in [2.24, 2.45) is 0 Å². The minimum absolute atomic E-state index is 0.0640. The van der Waals surface area contributed by atoms with Crippen LogP contribution in [0.3, 0.4) is 0 Å². The van der Waals surface area contributed by atoms with Crippen molar-refractivity contribution in [1.29, 1.82) is 0 Å². The maximum Gasteiger partial charge on any atom is 0.134 e. The highest BCUT2D eigenvalue weighted by Gasteiger charge is 2.43. The minimum Gasteiger partial charge on any atom is -0.490 e. The molecule has 6 rings (SSSR count). The van der Waals surface area contributed by atoms with Crippen LogP contribution in [0, 0.1) is 27.7 Å². The van der Waals surface area contributed by atoms with Crippen LogP contribution in [0.5, 0.6) is 23.0 Å². The topological polar surface area (TPSA) is 54.0 Å². The van der Waals surface area contributed by atoms with Crippen LogP contribution < -0.4 is 24.3 Å². The summed E-state index contributed by atoms with van der Waals surface area (Å²) in [6.07, 6.45) is 0.644. The number of aryl methyl sites for hydroxylation is 4. The van der Waals surface area contributed by atoms with E-state index in [1.54, 1.807) is 0 Å². The molecule has 0 amide bonds. The van der Waals surface area contributed by atoms with Gasteiger partial charge in [0.25, 0.3) is 0 Å². The van der Waals surface area contributed by atoms with Crippen LogP contribution in [0.2, 0.25) is 0 Å². The Hall–Kier alpha value is -4.60. The number of hydrogen-bond donors (Lipinski definition) is 0. The molecule has 5 nitrogen and oxygen atoms in total. The number of ketones is 1. The third-order valence-electron chi connectivity index (χ3n) is 10.0. The second kappa shape index (κ2) is 17.9. The van der Waals surface area contributed by atoms with Crippen molar-refractivity contribution in [3.63, 3.8) is 0 Å². The predicted octanol–water partition coefficient (Wildman–Crippen LogP) is 13.4. The van der Waals surface area contributed by atoms with E-state index in [2.05, 4.69) is 162 Å². The van der Waals surface area contributed by atoms with Gasteiger partial charge >= 0.3 is 0 Å². The molecule has 0 radical (unpaired) electrons. The van der Waals surface area contributed by atoms with Gasteiger partial charge in [-0.25, -0.2) is 0 Å². The van der Waals surface area contributed by atoms with E-state index in [0.717, 1.165) is 45.3 Å². The average Bonchev–Trinajstić information content (AvgIpc) is 3.10. The minimum atomic E-state index is -1.19. The molecule has 300 valence electrons. The monoisotopic (exact) mass is 784 g/mol. The van der Waals surface area contributed by atoms with E-state index in [1.807, 2.05) is 12.1 Å². The summed E-state index contributed by atoms with van der Waals surface area (Å²) in [5.74, 6) is 3.35. The molecule has 1 aliphatic rings. The van der Waals surface area contributed by atoms with Crippen LogP contribution in [0.25, 0.3) is 22.3 Å². The molecule has 0 spiro atoms. The van der Waals surface area contributed by atoms with Crippen LogP contribution in [-0.2, 0) is 4.79 Å². The molecule has 2 unspecified atom stereocenters. The van der Waals surface area contributed by atoms with Gasteiger partial charge in [0.15, 0.2) is 0 Å². The Kier molecular flexibility index (Phi) is 13.2. The van der Waals surface area contributed by atoms with E-state index in [0.29, 0.717) is 18.6 Å². The summed E-state index contributed by atoms with van der Waals surface area (Å²) in [6.45, 7) is 25.2. The Morgan fingerprint density at radius 1 is 0.474 bits per heavy atom. The van der Waals surface area contributed by atoms with Gasteiger partial charge in [0, 0.05) is 24.2 Å². The van der Waals surface area contributed by atoms with E-state index >= 15 is 0 Å². The lowest BCUT2D eigenvalue weighted by Gasteiger charge is -2.42. The van der Waals surface area contributed by atoms with Crippen molar-refractivity contribution in [3.05, 3.63) is 124 Å². The summed E-state index contributed by atoms with van der Waals surface area (Å²) in [7, 11) is -1.19. The molecule has 1 fully saturated rings. The second-order valence-corrected chi connectivity index (χ2v) is 19.4. The van der Waals surface area contributed by atoms with E-state index < -0.39 is 7.92 Å². The summed E-state index contributed by atoms with van der Waals surface area (Å²) in [5, 5.41) is 1.19. The van der Waals surface area contributed by atoms with Crippen LogP contribution in [0.4, 0.5) is 0 Å². The summed E-state index contributed by atoms with van der Waals surface area (Å²) in [4.78, 5) is 14.3. The number of ether oxygens (including phenoxy) is 4. The zero-order valence-electron chi connectivity index (χ0n) is 36.0. The average molecular weight is 785 g/mol. The first kappa shape index (κ1) is 42.0. The van der Waals surface area contributed by atoms with Gasteiger partial charge in [-0.3, -0.25) is 4.79 Å². The molecule has 57 heavy (non-hydrogen) atoms. The van der Waals surface area contributed by atoms with E-state index in [1.165, 1.54) is 38.7 Å². The fraction of sp³-hybridized carbons (Fsp3) is 0.392. The van der Waals surface area contributed by atoms with Gasteiger partial charge in [-0.05, 0) is 135 Å². The van der Waals surface area contributed by atoms with Crippen molar-refractivity contribution in [2.75, 3.05) is 0 Å².